The minimum atomic E-state index is -0.839. The first kappa shape index (κ1) is 23.2. The number of nitrogens with two attached hydrogens (primary N) is 1. The second kappa shape index (κ2) is 9.92. The van der Waals surface area contributed by atoms with Gasteiger partial charge in [0.25, 0.3) is 0 Å². The second-order valence-electron chi connectivity index (χ2n) is 8.23. The third-order valence-electron chi connectivity index (χ3n) is 6.07. The molecule has 174 valence electrons. The summed E-state index contributed by atoms with van der Waals surface area (Å²) in [6.07, 6.45) is 5.81. The van der Waals surface area contributed by atoms with E-state index in [2.05, 4.69) is 19.9 Å². The van der Waals surface area contributed by atoms with Crippen LogP contribution in [-0.2, 0) is 4.79 Å². The Morgan fingerprint density at radius 3 is 1.88 bits per heavy atom. The quantitative estimate of drug-likeness (QED) is 0.524. The monoisotopic (exact) mass is 462 g/mol. The number of carbonyl (C=O) groups excluding carboxylic acids is 3. The Balaban J connectivity index is 1.86. The number of piperidine rings is 1. The van der Waals surface area contributed by atoms with Gasteiger partial charge in [0.05, 0.1) is 6.54 Å². The summed E-state index contributed by atoms with van der Waals surface area (Å²) in [5.74, 6) is -4.28. The molecule has 2 N–H and O–H groups in total. The van der Waals surface area contributed by atoms with Gasteiger partial charge in [-0.3, -0.25) is 19.3 Å². The van der Waals surface area contributed by atoms with Crippen LogP contribution in [-0.4, -0.2) is 61.9 Å². The fourth-order valence-electron chi connectivity index (χ4n) is 4.58. The molecule has 1 aromatic carbocycles. The Morgan fingerprint density at radius 2 is 1.41 bits per heavy atom. The molecule has 3 heterocycles. The summed E-state index contributed by atoms with van der Waals surface area (Å²) in [5.41, 5.74) is 6.30. The van der Waals surface area contributed by atoms with E-state index in [0.717, 1.165) is 0 Å². The molecular weight excluding hydrogens is 439 g/mol. The lowest BCUT2D eigenvalue weighted by atomic mass is 9.69. The second-order valence-corrected chi connectivity index (χ2v) is 8.23. The van der Waals surface area contributed by atoms with Gasteiger partial charge in [0.15, 0.2) is 11.6 Å². The third-order valence-corrected chi connectivity index (χ3v) is 6.07. The van der Waals surface area contributed by atoms with Gasteiger partial charge in [0, 0.05) is 55.6 Å². The van der Waals surface area contributed by atoms with Crippen LogP contribution in [0.25, 0.3) is 0 Å². The van der Waals surface area contributed by atoms with Crippen LogP contribution in [0, 0.1) is 24.6 Å². The molecule has 10 heteroatoms. The summed E-state index contributed by atoms with van der Waals surface area (Å²) in [5, 5.41) is 0. The molecule has 0 bridgehead atoms. The number of benzene rings is 1. The maximum absolute atomic E-state index is 14.6. The molecule has 0 saturated carbocycles. The predicted molar refractivity (Wildman–Crippen MR) is 119 cm³/mol. The molecule has 1 aliphatic rings. The van der Waals surface area contributed by atoms with E-state index in [-0.39, 0.29) is 31.3 Å². The SMILES string of the molecule is Cc1c(F)cccc1C1C(C(=O)c2ncccn2)CN(CC(N)=O)CC1C(=O)c1ncccn1. The standard InChI is InChI=1S/C24H23FN6O3/c1-14-15(5-2-6-18(14)25)20-16(21(33)23-27-7-3-8-28-23)11-31(13-19(26)32)12-17(20)22(34)24-29-9-4-10-30-24/h2-10,16-17,20H,11-13H2,1H3,(H2,26,32). The van der Waals surface area contributed by atoms with Crippen LogP contribution in [0.4, 0.5) is 4.39 Å². The van der Waals surface area contributed by atoms with E-state index >= 15 is 0 Å². The molecule has 1 aliphatic heterocycles. The van der Waals surface area contributed by atoms with Crippen LogP contribution in [0.2, 0.25) is 0 Å². The molecule has 9 nitrogen and oxygen atoms in total. The zero-order valence-corrected chi connectivity index (χ0v) is 18.5. The normalized spacial score (nSPS) is 20.6. The average Bonchev–Trinajstić information content (AvgIpc) is 2.85. The molecule has 1 saturated heterocycles. The number of ketones is 2. The molecular formula is C24H23FN6O3. The Labute approximate surface area is 195 Å². The molecule has 4 rings (SSSR count). The number of hydrogen-bond donors (Lipinski definition) is 1. The highest BCUT2D eigenvalue weighted by Gasteiger charge is 2.46. The van der Waals surface area contributed by atoms with E-state index in [1.54, 1.807) is 36.1 Å². The summed E-state index contributed by atoms with van der Waals surface area (Å²) in [6.45, 7) is 1.72. The molecule has 0 aliphatic carbocycles. The molecule has 1 fully saturated rings. The lowest BCUT2D eigenvalue weighted by Crippen LogP contribution is -2.52. The van der Waals surface area contributed by atoms with Crippen LogP contribution >= 0.6 is 0 Å². The van der Waals surface area contributed by atoms with E-state index < -0.39 is 41.0 Å². The van der Waals surface area contributed by atoms with Crippen LogP contribution in [0.3, 0.4) is 0 Å². The number of likely N-dealkylation sites (tertiary alicyclic amines) is 1. The molecule has 2 aromatic heterocycles. The van der Waals surface area contributed by atoms with Crippen molar-refractivity contribution < 1.29 is 18.8 Å². The molecule has 1 amide bonds. The first-order chi connectivity index (χ1) is 16.4. The van der Waals surface area contributed by atoms with E-state index in [1.165, 1.54) is 30.9 Å². The molecule has 34 heavy (non-hydrogen) atoms. The van der Waals surface area contributed by atoms with Crippen molar-refractivity contribution in [3.63, 3.8) is 0 Å². The first-order valence-corrected chi connectivity index (χ1v) is 10.7. The Bertz CT molecular complexity index is 1150. The van der Waals surface area contributed by atoms with Gasteiger partial charge in [-0.1, -0.05) is 12.1 Å². The van der Waals surface area contributed by atoms with Gasteiger partial charge in [0.2, 0.25) is 17.5 Å². The highest BCUT2D eigenvalue weighted by atomic mass is 19.1. The van der Waals surface area contributed by atoms with Crippen molar-refractivity contribution in [2.45, 2.75) is 12.8 Å². The number of aromatic nitrogens is 4. The lowest BCUT2D eigenvalue weighted by molar-refractivity contribution is -0.119. The Hall–Kier alpha value is -3.92. The maximum Gasteiger partial charge on any atom is 0.231 e. The van der Waals surface area contributed by atoms with Gasteiger partial charge in [-0.05, 0) is 36.2 Å². The van der Waals surface area contributed by atoms with E-state index in [1.807, 2.05) is 0 Å². The number of amides is 1. The fourth-order valence-corrected chi connectivity index (χ4v) is 4.58. The number of nitrogens with zero attached hydrogens (tertiary/aromatic N) is 5. The van der Waals surface area contributed by atoms with Crippen molar-refractivity contribution in [1.29, 1.82) is 0 Å². The van der Waals surface area contributed by atoms with E-state index in [9.17, 15) is 18.8 Å². The van der Waals surface area contributed by atoms with Gasteiger partial charge in [-0.25, -0.2) is 24.3 Å². The highest BCUT2D eigenvalue weighted by Crippen LogP contribution is 2.41. The summed E-state index contributed by atoms with van der Waals surface area (Å²) in [7, 11) is 0. The molecule has 3 aromatic rings. The molecule has 2 atom stereocenters. The van der Waals surface area contributed by atoms with Crippen molar-refractivity contribution in [3.05, 3.63) is 83.7 Å². The zero-order chi connectivity index (χ0) is 24.2. The maximum atomic E-state index is 14.6. The number of primary amides is 1. The van der Waals surface area contributed by atoms with E-state index in [0.29, 0.717) is 11.1 Å². The van der Waals surface area contributed by atoms with Gasteiger partial charge in [-0.15, -0.1) is 0 Å². The summed E-state index contributed by atoms with van der Waals surface area (Å²) < 4.78 is 14.6. The summed E-state index contributed by atoms with van der Waals surface area (Å²) >= 11 is 0. The van der Waals surface area contributed by atoms with Crippen LogP contribution in [0.15, 0.2) is 55.1 Å². The van der Waals surface area contributed by atoms with Crippen molar-refractivity contribution in [2.75, 3.05) is 19.6 Å². The average molecular weight is 462 g/mol. The smallest absolute Gasteiger partial charge is 0.231 e. The van der Waals surface area contributed by atoms with E-state index in [4.69, 9.17) is 5.73 Å². The largest absolute Gasteiger partial charge is 0.369 e. The zero-order valence-electron chi connectivity index (χ0n) is 18.5. The third kappa shape index (κ3) is 4.72. The number of carbonyl (C=O) groups is 3. The van der Waals surface area contributed by atoms with Crippen LogP contribution < -0.4 is 5.73 Å². The van der Waals surface area contributed by atoms with Crippen molar-refractivity contribution in [2.24, 2.45) is 17.6 Å². The van der Waals surface area contributed by atoms with Gasteiger partial charge < -0.3 is 5.73 Å². The minimum Gasteiger partial charge on any atom is -0.369 e. The predicted octanol–water partition coefficient (Wildman–Crippen LogP) is 1.60. The first-order valence-electron chi connectivity index (χ1n) is 10.7. The molecule has 0 radical (unpaired) electrons. The number of rotatable bonds is 7. The number of hydrogen-bond acceptors (Lipinski definition) is 8. The van der Waals surface area contributed by atoms with Crippen molar-refractivity contribution >= 4 is 17.5 Å². The Morgan fingerprint density at radius 1 is 0.912 bits per heavy atom. The van der Waals surface area contributed by atoms with Gasteiger partial charge >= 0.3 is 0 Å². The lowest BCUT2D eigenvalue weighted by Gasteiger charge is -2.42. The number of Topliss-reactive ketones (excluding diaryl/α,β-unsaturated/α-hetero) is 2. The fraction of sp³-hybridized carbons (Fsp3) is 0.292. The van der Waals surface area contributed by atoms with Gasteiger partial charge in [0.1, 0.15) is 5.82 Å². The minimum absolute atomic E-state index is 0.0189. The molecule has 0 spiro atoms. The van der Waals surface area contributed by atoms with Crippen LogP contribution in [0.1, 0.15) is 38.3 Å². The van der Waals surface area contributed by atoms with Crippen molar-refractivity contribution in [1.82, 2.24) is 24.8 Å². The van der Waals surface area contributed by atoms with Gasteiger partial charge in [-0.2, -0.15) is 0 Å². The summed E-state index contributed by atoms with van der Waals surface area (Å²) in [4.78, 5) is 56.9. The Kier molecular flexibility index (Phi) is 6.78. The number of halogens is 1. The van der Waals surface area contributed by atoms with Crippen LogP contribution in [0.5, 0.6) is 0 Å². The summed E-state index contributed by atoms with van der Waals surface area (Å²) in [6, 6.07) is 7.77. The molecule has 2 unspecified atom stereocenters. The highest BCUT2D eigenvalue weighted by molar-refractivity contribution is 5.99. The van der Waals surface area contributed by atoms with Crippen molar-refractivity contribution in [3.8, 4) is 0 Å². The topological polar surface area (TPSA) is 132 Å².